The average molecular weight is 606 g/mol. The third kappa shape index (κ3) is 6.84. The molecule has 5 aliphatic rings. The molecule has 0 spiro atoms. The van der Waals surface area contributed by atoms with E-state index >= 15 is 0 Å². The van der Waals surface area contributed by atoms with Gasteiger partial charge in [-0.25, -0.2) is 0 Å². The number of piperidine rings is 1. The van der Waals surface area contributed by atoms with Gasteiger partial charge < -0.3 is 15.3 Å². The summed E-state index contributed by atoms with van der Waals surface area (Å²) in [6.07, 6.45) is 17.7. The van der Waals surface area contributed by atoms with Gasteiger partial charge in [0.05, 0.1) is 6.54 Å². The molecule has 2 saturated heterocycles. The second kappa shape index (κ2) is 13.9. The number of hydrogen-bond acceptors (Lipinski definition) is 5. The fraction of sp³-hybridized carbons (Fsp3) is 0.971. The third-order valence-electron chi connectivity index (χ3n) is 13.6. The van der Waals surface area contributed by atoms with Gasteiger partial charge in [0, 0.05) is 40.9 Å². The molecule has 3 aliphatic carbocycles. The van der Waals surface area contributed by atoms with Crippen LogP contribution in [0.15, 0.2) is 0 Å². The molecule has 2 heterocycles. The van der Waals surface area contributed by atoms with Crippen LogP contribution in [0.3, 0.4) is 0 Å². The molecule has 0 aromatic heterocycles. The van der Waals surface area contributed by atoms with Gasteiger partial charge in [-0.05, 0) is 132 Å². The molecule has 0 amide bonds. The maximum atomic E-state index is 11.6. The van der Waals surface area contributed by atoms with Crippen LogP contribution in [0.4, 0.5) is 0 Å². The maximum absolute atomic E-state index is 11.6. The minimum atomic E-state index is -0.679. The monoisotopic (exact) mass is 605 g/mol. The highest BCUT2D eigenvalue weighted by Crippen LogP contribution is 2.69. The lowest BCUT2D eigenvalue weighted by atomic mass is 9.39. The van der Waals surface area contributed by atoms with E-state index in [2.05, 4.69) is 42.8 Å². The van der Waals surface area contributed by atoms with Gasteiger partial charge in [-0.3, -0.25) is 13.9 Å². The number of fused-ring (bicyclic) bond motifs is 5. The smallest absolute Gasteiger partial charge is 0.317 e. The second-order valence-corrected chi connectivity index (χ2v) is 17.8. The molecule has 6 nitrogen and oxygen atoms in total. The van der Waals surface area contributed by atoms with E-state index in [4.69, 9.17) is 0 Å². The Hall–Kier alpha value is -0.500. The topological polar surface area (TPSA) is 72.9 Å². The Morgan fingerprint density at radius 3 is 2.38 bits per heavy atom. The first kappa shape index (κ1) is 32.9. The van der Waals surface area contributed by atoms with Gasteiger partial charge in [-0.1, -0.05) is 46.0 Å². The number of carboxylic acid groups (broad SMARTS) is 1. The molecular formula is C35H63N3O3S. The molecule has 5 rings (SSSR count). The number of likely N-dealkylation sites (tertiary alicyclic amines) is 1. The summed E-state index contributed by atoms with van der Waals surface area (Å²) in [5.74, 6) is 5.21. The molecule has 2 N–H and O–H groups in total. The van der Waals surface area contributed by atoms with Crippen LogP contribution in [0.2, 0.25) is 0 Å². The highest BCUT2D eigenvalue weighted by molar-refractivity contribution is 7.85. The molecule has 0 aromatic carbocycles. The SMILES string of the molecule is CC12CCC3C(C)(CCN(CC(=O)O)C3(C)C)C1CCC1C2CCC[C@@H]1CCCCCNCCCN1CCS(=O)CC1. The highest BCUT2D eigenvalue weighted by Gasteiger charge is 2.64. The number of rotatable bonds is 12. The van der Waals surface area contributed by atoms with E-state index in [9.17, 15) is 14.1 Å². The van der Waals surface area contributed by atoms with Crippen LogP contribution in [0.25, 0.3) is 0 Å². The van der Waals surface area contributed by atoms with Crippen LogP contribution in [0.5, 0.6) is 0 Å². The second-order valence-electron chi connectivity index (χ2n) is 16.1. The zero-order chi connectivity index (χ0) is 30.0. The number of hydrogen-bond donors (Lipinski definition) is 2. The number of aliphatic carboxylic acids is 1. The lowest BCUT2D eigenvalue weighted by Gasteiger charge is -2.69. The van der Waals surface area contributed by atoms with Crippen molar-refractivity contribution in [2.75, 3.05) is 57.3 Å². The van der Waals surface area contributed by atoms with Gasteiger partial charge in [0.2, 0.25) is 0 Å². The van der Waals surface area contributed by atoms with Gasteiger partial charge in [0.25, 0.3) is 0 Å². The van der Waals surface area contributed by atoms with Crippen molar-refractivity contribution in [2.24, 2.45) is 40.4 Å². The fourth-order valence-corrected chi connectivity index (χ4v) is 12.6. The van der Waals surface area contributed by atoms with Crippen molar-refractivity contribution in [3.05, 3.63) is 0 Å². The summed E-state index contributed by atoms with van der Waals surface area (Å²) >= 11 is 0. The average Bonchev–Trinajstić information content (AvgIpc) is 2.94. The highest BCUT2D eigenvalue weighted by atomic mass is 32.2. The standard InChI is InChI=1S/C35H63N3O3S/c1-33(2)30-15-16-34(3)29-12-8-11-27(10-6-5-7-18-36-19-9-20-37-22-24-42(41)25-23-37)28(29)13-14-31(34)35(30,4)17-21-38(33)26-32(39)40/h27-31,36H,5-26H2,1-4H3,(H,39,40)/t27-,28?,29?,30?,31?,34?,35?/m0/s1. The molecule has 0 bridgehead atoms. The number of nitrogens with zero attached hydrogens (tertiary/aromatic N) is 2. The van der Waals surface area contributed by atoms with E-state index in [0.29, 0.717) is 16.7 Å². The Kier molecular flexibility index (Phi) is 10.9. The third-order valence-corrected chi connectivity index (χ3v) is 14.9. The van der Waals surface area contributed by atoms with E-state index in [1.54, 1.807) is 0 Å². The summed E-state index contributed by atoms with van der Waals surface area (Å²) in [6, 6.07) is 0. The van der Waals surface area contributed by atoms with Crippen LogP contribution in [0, 0.1) is 40.4 Å². The Bertz CT molecular complexity index is 934. The molecule has 3 saturated carbocycles. The van der Waals surface area contributed by atoms with E-state index in [1.165, 1.54) is 83.5 Å². The van der Waals surface area contributed by atoms with Gasteiger partial charge in [-0.15, -0.1) is 0 Å². The van der Waals surface area contributed by atoms with Crippen LogP contribution in [0.1, 0.15) is 111 Å². The number of unbranched alkanes of at least 4 members (excludes halogenated alkanes) is 2. The van der Waals surface area contributed by atoms with Crippen molar-refractivity contribution in [3.63, 3.8) is 0 Å². The van der Waals surface area contributed by atoms with Crippen LogP contribution in [-0.4, -0.2) is 87.9 Å². The quantitative estimate of drug-likeness (QED) is 0.265. The zero-order valence-electron chi connectivity index (χ0n) is 27.5. The van der Waals surface area contributed by atoms with Crippen molar-refractivity contribution in [1.29, 1.82) is 0 Å². The normalized spacial score (nSPS) is 39.3. The predicted molar refractivity (Wildman–Crippen MR) is 174 cm³/mol. The molecule has 7 atom stereocenters. The fourth-order valence-electron chi connectivity index (χ4n) is 11.5. The van der Waals surface area contributed by atoms with E-state index in [-0.39, 0.29) is 12.1 Å². The molecule has 7 heteroatoms. The molecular weight excluding hydrogens is 542 g/mol. The predicted octanol–water partition coefficient (Wildman–Crippen LogP) is 6.02. The lowest BCUT2D eigenvalue weighted by Crippen LogP contribution is -2.67. The number of carboxylic acids is 1. The van der Waals surface area contributed by atoms with Gasteiger partial charge in [0.15, 0.2) is 0 Å². The van der Waals surface area contributed by atoms with Crippen LogP contribution < -0.4 is 5.32 Å². The summed E-state index contributed by atoms with van der Waals surface area (Å²) in [6.45, 7) is 16.6. The molecule has 0 aromatic rings. The number of carbonyl (C=O) groups is 1. The van der Waals surface area contributed by atoms with Crippen molar-refractivity contribution in [2.45, 2.75) is 117 Å². The van der Waals surface area contributed by atoms with Gasteiger partial charge in [0.1, 0.15) is 0 Å². The Morgan fingerprint density at radius 1 is 0.857 bits per heavy atom. The van der Waals surface area contributed by atoms with Crippen molar-refractivity contribution >= 4 is 16.8 Å². The largest absolute Gasteiger partial charge is 0.480 e. The first-order valence-electron chi connectivity index (χ1n) is 17.8. The summed E-state index contributed by atoms with van der Waals surface area (Å²) in [5.41, 5.74) is 0.765. The van der Waals surface area contributed by atoms with Crippen molar-refractivity contribution < 1.29 is 14.1 Å². The Balaban J connectivity index is 1.06. The summed E-state index contributed by atoms with van der Waals surface area (Å²) in [5, 5.41) is 13.2. The first-order valence-corrected chi connectivity index (χ1v) is 19.3. The van der Waals surface area contributed by atoms with Gasteiger partial charge in [-0.2, -0.15) is 0 Å². The Labute approximate surface area is 260 Å². The molecule has 6 unspecified atom stereocenters. The zero-order valence-corrected chi connectivity index (χ0v) is 28.3. The Morgan fingerprint density at radius 2 is 1.62 bits per heavy atom. The summed E-state index contributed by atoms with van der Waals surface area (Å²) < 4.78 is 11.5. The van der Waals surface area contributed by atoms with E-state index < -0.39 is 16.8 Å². The lowest BCUT2D eigenvalue weighted by molar-refractivity contribution is -0.200. The van der Waals surface area contributed by atoms with Crippen molar-refractivity contribution in [3.8, 4) is 0 Å². The first-order chi connectivity index (χ1) is 20.1. The van der Waals surface area contributed by atoms with Crippen LogP contribution >= 0.6 is 0 Å². The summed E-state index contributed by atoms with van der Waals surface area (Å²) in [4.78, 5) is 16.4. The molecule has 42 heavy (non-hydrogen) atoms. The molecule has 242 valence electrons. The summed E-state index contributed by atoms with van der Waals surface area (Å²) in [7, 11) is -0.566. The molecule has 0 radical (unpaired) electrons. The van der Waals surface area contributed by atoms with Gasteiger partial charge >= 0.3 is 5.97 Å². The van der Waals surface area contributed by atoms with Crippen molar-refractivity contribution in [1.82, 2.24) is 15.1 Å². The number of nitrogens with one attached hydrogen (secondary N) is 1. The minimum Gasteiger partial charge on any atom is -0.480 e. The maximum Gasteiger partial charge on any atom is 0.317 e. The van der Waals surface area contributed by atoms with Crippen LogP contribution in [-0.2, 0) is 15.6 Å². The molecule has 5 fully saturated rings. The molecule has 2 aliphatic heterocycles. The minimum absolute atomic E-state index is 0.0382. The van der Waals surface area contributed by atoms with E-state index in [1.807, 2.05) is 0 Å². The van der Waals surface area contributed by atoms with E-state index in [0.717, 1.165) is 74.4 Å².